The molecule has 0 saturated carbocycles. The van der Waals surface area contributed by atoms with Crippen molar-refractivity contribution >= 4 is 43.0 Å². The fourth-order valence-corrected chi connectivity index (χ4v) is 3.11. The summed E-state index contributed by atoms with van der Waals surface area (Å²) in [6.07, 6.45) is 0. The third-order valence-electron chi connectivity index (χ3n) is 2.66. The molecule has 0 aliphatic heterocycles. The molecule has 1 aromatic heterocycles. The number of rotatable bonds is 5. The minimum absolute atomic E-state index is 0.00291. The lowest BCUT2D eigenvalue weighted by Gasteiger charge is -2.09. The minimum Gasteiger partial charge on any atom is -0.397 e. The average Bonchev–Trinajstić information content (AvgIpc) is 2.68. The Kier molecular flexibility index (Phi) is 3.93. The van der Waals surface area contributed by atoms with Gasteiger partial charge in [-0.25, -0.2) is 18.1 Å². The second-order valence-electron chi connectivity index (χ2n) is 4.09. The van der Waals surface area contributed by atoms with E-state index < -0.39 is 10.0 Å². The monoisotopic (exact) mass is 300 g/mol. The van der Waals surface area contributed by atoms with Gasteiger partial charge in [0, 0.05) is 6.54 Å². The largest absolute Gasteiger partial charge is 0.397 e. The molecule has 2 aromatic rings. The molecule has 0 radical (unpaired) electrons. The number of thiazole rings is 1. The van der Waals surface area contributed by atoms with Crippen LogP contribution in [0, 0.1) is 6.92 Å². The third-order valence-corrected chi connectivity index (χ3v) is 4.96. The predicted octanol–water partition coefficient (Wildman–Crippen LogP) is 1.15. The minimum atomic E-state index is -3.21. The lowest BCUT2D eigenvalue weighted by Crippen LogP contribution is -2.26. The van der Waals surface area contributed by atoms with Gasteiger partial charge < -0.3 is 11.1 Å². The van der Waals surface area contributed by atoms with E-state index in [9.17, 15) is 8.42 Å². The average molecular weight is 300 g/mol. The molecule has 0 amide bonds. The van der Waals surface area contributed by atoms with E-state index in [1.54, 1.807) is 11.3 Å². The van der Waals surface area contributed by atoms with Gasteiger partial charge in [0.1, 0.15) is 0 Å². The number of nitrogens with one attached hydrogen (secondary N) is 2. The van der Waals surface area contributed by atoms with Crippen molar-refractivity contribution in [2.75, 3.05) is 30.4 Å². The Morgan fingerprint density at radius 1 is 1.42 bits per heavy atom. The summed E-state index contributed by atoms with van der Waals surface area (Å²) in [5, 5.41) is 4.00. The Hall–Kier alpha value is -1.38. The number of nitrogens with two attached hydrogens (primary N) is 1. The van der Waals surface area contributed by atoms with E-state index in [0.717, 1.165) is 15.2 Å². The van der Waals surface area contributed by atoms with Crippen molar-refractivity contribution in [1.82, 2.24) is 9.71 Å². The number of hydrogen-bond acceptors (Lipinski definition) is 6. The summed E-state index contributed by atoms with van der Waals surface area (Å²) in [6, 6.07) is 3.70. The van der Waals surface area contributed by atoms with Crippen LogP contribution in [-0.2, 0) is 10.0 Å². The Morgan fingerprint density at radius 2 is 2.16 bits per heavy atom. The summed E-state index contributed by atoms with van der Waals surface area (Å²) in [4.78, 5) is 4.38. The SMILES string of the molecule is CNS(=O)(=O)CCNc1cc2nc(C)sc2cc1N. The number of anilines is 2. The molecule has 0 spiro atoms. The zero-order chi connectivity index (χ0) is 14.0. The van der Waals surface area contributed by atoms with Crippen molar-refractivity contribution in [3.63, 3.8) is 0 Å². The van der Waals surface area contributed by atoms with Crippen LogP contribution in [0.3, 0.4) is 0 Å². The predicted molar refractivity (Wildman–Crippen MR) is 80.1 cm³/mol. The zero-order valence-electron chi connectivity index (χ0n) is 10.7. The summed E-state index contributed by atoms with van der Waals surface area (Å²) >= 11 is 1.58. The molecular weight excluding hydrogens is 284 g/mol. The summed E-state index contributed by atoms with van der Waals surface area (Å²) < 4.78 is 25.9. The van der Waals surface area contributed by atoms with Gasteiger partial charge in [0.2, 0.25) is 10.0 Å². The van der Waals surface area contributed by atoms with E-state index in [4.69, 9.17) is 5.73 Å². The van der Waals surface area contributed by atoms with Gasteiger partial charge in [0.15, 0.2) is 0 Å². The highest BCUT2D eigenvalue weighted by Crippen LogP contribution is 2.29. The van der Waals surface area contributed by atoms with Gasteiger partial charge in [-0.05, 0) is 26.1 Å². The van der Waals surface area contributed by atoms with Crippen molar-refractivity contribution in [1.29, 1.82) is 0 Å². The first-order valence-electron chi connectivity index (χ1n) is 5.73. The van der Waals surface area contributed by atoms with Crippen molar-refractivity contribution < 1.29 is 8.42 Å². The van der Waals surface area contributed by atoms with E-state index in [2.05, 4.69) is 15.0 Å². The summed E-state index contributed by atoms with van der Waals surface area (Å²) in [6.45, 7) is 2.23. The Labute approximate surface area is 116 Å². The summed E-state index contributed by atoms with van der Waals surface area (Å²) in [5.74, 6) is -0.00291. The van der Waals surface area contributed by atoms with Crippen molar-refractivity contribution in [3.8, 4) is 0 Å². The van der Waals surface area contributed by atoms with Gasteiger partial charge >= 0.3 is 0 Å². The molecule has 19 heavy (non-hydrogen) atoms. The molecule has 0 atom stereocenters. The lowest BCUT2D eigenvalue weighted by molar-refractivity contribution is 0.588. The van der Waals surface area contributed by atoms with Crippen LogP contribution in [0.4, 0.5) is 11.4 Å². The Balaban J connectivity index is 2.14. The summed E-state index contributed by atoms with van der Waals surface area (Å²) in [5.41, 5.74) is 8.11. The smallest absolute Gasteiger partial charge is 0.213 e. The number of aryl methyl sites for hydroxylation is 1. The molecule has 1 aromatic carbocycles. The number of nitrogens with zero attached hydrogens (tertiary/aromatic N) is 1. The van der Waals surface area contributed by atoms with E-state index in [0.29, 0.717) is 17.9 Å². The first kappa shape index (κ1) is 14.0. The maximum Gasteiger partial charge on any atom is 0.213 e. The highest BCUT2D eigenvalue weighted by atomic mass is 32.2. The molecule has 0 aliphatic carbocycles. The molecule has 4 N–H and O–H groups in total. The number of nitrogen functional groups attached to an aromatic ring is 1. The summed E-state index contributed by atoms with van der Waals surface area (Å²) in [7, 11) is -1.81. The standard InChI is InChI=1S/C11H16N4O2S2/c1-7-15-10-6-9(8(12)5-11(10)18-7)14-3-4-19(16,17)13-2/h5-6,13-14H,3-4,12H2,1-2H3. The van der Waals surface area contributed by atoms with Crippen LogP contribution in [0.25, 0.3) is 10.2 Å². The van der Waals surface area contributed by atoms with E-state index >= 15 is 0 Å². The van der Waals surface area contributed by atoms with Crippen LogP contribution in [0.1, 0.15) is 5.01 Å². The van der Waals surface area contributed by atoms with Crippen molar-refractivity contribution in [3.05, 3.63) is 17.1 Å². The van der Waals surface area contributed by atoms with Gasteiger partial charge in [-0.1, -0.05) is 0 Å². The second kappa shape index (κ2) is 5.32. The van der Waals surface area contributed by atoms with Gasteiger partial charge in [0.25, 0.3) is 0 Å². The molecule has 0 unspecified atom stereocenters. The number of hydrogen-bond donors (Lipinski definition) is 3. The molecule has 104 valence electrons. The molecule has 0 fully saturated rings. The quantitative estimate of drug-likeness (QED) is 0.720. The zero-order valence-corrected chi connectivity index (χ0v) is 12.4. The molecule has 0 saturated heterocycles. The first-order chi connectivity index (χ1) is 8.91. The van der Waals surface area contributed by atoms with Crippen LogP contribution in [-0.4, -0.2) is 32.7 Å². The normalized spacial score (nSPS) is 11.9. The van der Waals surface area contributed by atoms with Gasteiger partial charge in [0.05, 0.1) is 32.4 Å². The molecule has 1 heterocycles. The van der Waals surface area contributed by atoms with Crippen LogP contribution < -0.4 is 15.8 Å². The van der Waals surface area contributed by atoms with E-state index in [-0.39, 0.29) is 5.75 Å². The van der Waals surface area contributed by atoms with Gasteiger partial charge in [-0.2, -0.15) is 0 Å². The molecular formula is C11H16N4O2S2. The molecule has 6 nitrogen and oxygen atoms in total. The molecule has 0 aliphatic rings. The fourth-order valence-electron chi connectivity index (χ4n) is 1.68. The highest BCUT2D eigenvalue weighted by molar-refractivity contribution is 7.89. The van der Waals surface area contributed by atoms with Crippen LogP contribution in [0.5, 0.6) is 0 Å². The topological polar surface area (TPSA) is 97.1 Å². The van der Waals surface area contributed by atoms with E-state index in [1.807, 2.05) is 19.1 Å². The van der Waals surface area contributed by atoms with Crippen LogP contribution >= 0.6 is 11.3 Å². The third kappa shape index (κ3) is 3.34. The van der Waals surface area contributed by atoms with E-state index in [1.165, 1.54) is 7.05 Å². The first-order valence-corrected chi connectivity index (χ1v) is 8.20. The maximum atomic E-state index is 11.3. The molecule has 8 heteroatoms. The Morgan fingerprint density at radius 3 is 2.84 bits per heavy atom. The molecule has 0 bridgehead atoms. The number of sulfonamides is 1. The molecule has 2 rings (SSSR count). The number of fused-ring (bicyclic) bond motifs is 1. The second-order valence-corrected chi connectivity index (χ2v) is 7.37. The lowest BCUT2D eigenvalue weighted by atomic mass is 10.2. The van der Waals surface area contributed by atoms with Crippen molar-refractivity contribution in [2.45, 2.75) is 6.92 Å². The van der Waals surface area contributed by atoms with Gasteiger partial charge in [-0.3, -0.25) is 0 Å². The van der Waals surface area contributed by atoms with Crippen LogP contribution in [0.15, 0.2) is 12.1 Å². The van der Waals surface area contributed by atoms with Gasteiger partial charge in [-0.15, -0.1) is 11.3 Å². The maximum absolute atomic E-state index is 11.3. The van der Waals surface area contributed by atoms with Crippen LogP contribution in [0.2, 0.25) is 0 Å². The highest BCUT2D eigenvalue weighted by Gasteiger charge is 2.09. The number of aromatic nitrogens is 1. The van der Waals surface area contributed by atoms with Crippen molar-refractivity contribution in [2.24, 2.45) is 0 Å². The number of benzene rings is 1. The Bertz CT molecular complexity index is 694. The fraction of sp³-hybridized carbons (Fsp3) is 0.364.